The van der Waals surface area contributed by atoms with Crippen LogP contribution in [0.15, 0.2) is 37.1 Å². The summed E-state index contributed by atoms with van der Waals surface area (Å²) in [6.45, 7) is 7.20. The Bertz CT molecular complexity index is 1010. The minimum Gasteiger partial charge on any atom is -0.296 e. The van der Waals surface area contributed by atoms with E-state index in [9.17, 15) is 0 Å². The van der Waals surface area contributed by atoms with Crippen LogP contribution >= 0.6 is 0 Å². The molecule has 0 spiro atoms. The lowest BCUT2D eigenvalue weighted by Gasteiger charge is -2.08. The van der Waals surface area contributed by atoms with Crippen molar-refractivity contribution in [3.63, 3.8) is 0 Å². The van der Waals surface area contributed by atoms with Crippen LogP contribution in [0.1, 0.15) is 24.7 Å². The molecule has 4 rings (SSSR count). The second-order valence-electron chi connectivity index (χ2n) is 5.81. The zero-order valence-electron chi connectivity index (χ0n) is 14.0. The molecule has 4 aromatic rings. The van der Waals surface area contributed by atoms with E-state index in [2.05, 4.69) is 43.3 Å². The van der Waals surface area contributed by atoms with Gasteiger partial charge in [0.25, 0.3) is 0 Å². The Morgan fingerprint density at radius 1 is 1.08 bits per heavy atom. The first-order chi connectivity index (χ1) is 11.7. The molecular formula is C17H19N7. The third-order valence-corrected chi connectivity index (χ3v) is 4.18. The Morgan fingerprint density at radius 3 is 2.79 bits per heavy atom. The monoisotopic (exact) mass is 321 g/mol. The van der Waals surface area contributed by atoms with Gasteiger partial charge in [-0.2, -0.15) is 10.2 Å². The number of rotatable bonds is 4. The van der Waals surface area contributed by atoms with Gasteiger partial charge in [-0.15, -0.1) is 0 Å². The second kappa shape index (κ2) is 5.59. The van der Waals surface area contributed by atoms with E-state index in [1.807, 2.05) is 31.6 Å². The summed E-state index contributed by atoms with van der Waals surface area (Å²) in [6.07, 6.45) is 10.3. The van der Waals surface area contributed by atoms with E-state index in [0.717, 1.165) is 47.1 Å². The molecule has 0 unspecified atom stereocenters. The molecule has 0 aliphatic rings. The van der Waals surface area contributed by atoms with Crippen molar-refractivity contribution in [2.45, 2.75) is 33.7 Å². The summed E-state index contributed by atoms with van der Waals surface area (Å²) in [7, 11) is 0. The fourth-order valence-electron chi connectivity index (χ4n) is 3.13. The highest BCUT2D eigenvalue weighted by Gasteiger charge is 2.19. The Labute approximate surface area is 139 Å². The molecular weight excluding hydrogens is 302 g/mol. The summed E-state index contributed by atoms with van der Waals surface area (Å²) in [5.74, 6) is 0.825. The predicted octanol–water partition coefficient (Wildman–Crippen LogP) is 2.81. The molecule has 0 atom stereocenters. The van der Waals surface area contributed by atoms with Crippen LogP contribution in [0.3, 0.4) is 0 Å². The lowest BCUT2D eigenvalue weighted by Crippen LogP contribution is -2.03. The molecule has 0 radical (unpaired) electrons. The van der Waals surface area contributed by atoms with E-state index < -0.39 is 0 Å². The van der Waals surface area contributed by atoms with Crippen LogP contribution in [0.2, 0.25) is 0 Å². The third-order valence-electron chi connectivity index (χ3n) is 4.18. The van der Waals surface area contributed by atoms with Crippen molar-refractivity contribution >= 4 is 5.65 Å². The standard InChI is InChI=1S/C17H19N7/c1-4-8-23-13(3)15(12(2)21-23)22-10-7-19-16(22)14-11-20-24-9-5-6-18-17(14)24/h5-7,9-11H,4,8H2,1-3H3. The van der Waals surface area contributed by atoms with Gasteiger partial charge >= 0.3 is 0 Å². The number of aromatic nitrogens is 7. The first-order valence-corrected chi connectivity index (χ1v) is 8.07. The first-order valence-electron chi connectivity index (χ1n) is 8.07. The van der Waals surface area contributed by atoms with Gasteiger partial charge in [0.15, 0.2) is 5.65 Å². The van der Waals surface area contributed by atoms with Gasteiger partial charge in [-0.05, 0) is 26.3 Å². The Morgan fingerprint density at radius 2 is 1.96 bits per heavy atom. The molecule has 24 heavy (non-hydrogen) atoms. The van der Waals surface area contributed by atoms with E-state index in [4.69, 9.17) is 0 Å². The summed E-state index contributed by atoms with van der Waals surface area (Å²) in [6, 6.07) is 1.86. The van der Waals surface area contributed by atoms with Crippen LogP contribution in [-0.2, 0) is 6.54 Å². The highest BCUT2D eigenvalue weighted by atomic mass is 15.3. The molecule has 4 heterocycles. The first kappa shape index (κ1) is 14.6. The topological polar surface area (TPSA) is 65.8 Å². The van der Waals surface area contributed by atoms with E-state index in [0.29, 0.717) is 0 Å². The Hall–Kier alpha value is -2.96. The zero-order valence-corrected chi connectivity index (χ0v) is 14.0. The van der Waals surface area contributed by atoms with Gasteiger partial charge in [0, 0.05) is 31.3 Å². The van der Waals surface area contributed by atoms with Gasteiger partial charge in [0.1, 0.15) is 5.82 Å². The van der Waals surface area contributed by atoms with Crippen LogP contribution in [0, 0.1) is 13.8 Å². The molecule has 0 amide bonds. The minimum absolute atomic E-state index is 0.793. The van der Waals surface area contributed by atoms with E-state index in [1.165, 1.54) is 0 Å². The van der Waals surface area contributed by atoms with Crippen molar-refractivity contribution in [2.24, 2.45) is 0 Å². The van der Waals surface area contributed by atoms with Gasteiger partial charge in [0.05, 0.1) is 28.8 Å². The Kier molecular flexibility index (Phi) is 3.41. The SMILES string of the molecule is CCCn1nc(C)c(-n2ccnc2-c2cnn3cccnc23)c1C. The van der Waals surface area contributed by atoms with Crippen molar-refractivity contribution < 1.29 is 0 Å². The second-order valence-corrected chi connectivity index (χ2v) is 5.81. The number of aryl methyl sites for hydroxylation is 2. The fourth-order valence-corrected chi connectivity index (χ4v) is 3.13. The molecule has 122 valence electrons. The molecule has 0 aliphatic carbocycles. The molecule has 0 N–H and O–H groups in total. The zero-order chi connectivity index (χ0) is 16.7. The molecule has 7 heteroatoms. The van der Waals surface area contributed by atoms with Crippen LogP contribution in [0.5, 0.6) is 0 Å². The minimum atomic E-state index is 0.793. The fraction of sp³-hybridized carbons (Fsp3) is 0.294. The maximum Gasteiger partial charge on any atom is 0.165 e. The predicted molar refractivity (Wildman–Crippen MR) is 91.1 cm³/mol. The van der Waals surface area contributed by atoms with Crippen molar-refractivity contribution in [3.05, 3.63) is 48.4 Å². The average molecular weight is 321 g/mol. The van der Waals surface area contributed by atoms with Crippen molar-refractivity contribution in [1.29, 1.82) is 0 Å². The number of hydrogen-bond donors (Lipinski definition) is 0. The summed E-state index contributed by atoms with van der Waals surface area (Å²) in [5.41, 5.74) is 4.90. The maximum absolute atomic E-state index is 4.67. The van der Waals surface area contributed by atoms with Gasteiger partial charge < -0.3 is 0 Å². The van der Waals surface area contributed by atoms with Crippen molar-refractivity contribution in [2.75, 3.05) is 0 Å². The number of hydrogen-bond acceptors (Lipinski definition) is 4. The highest BCUT2D eigenvalue weighted by Crippen LogP contribution is 2.27. The number of nitrogens with zero attached hydrogens (tertiary/aromatic N) is 7. The molecule has 0 fully saturated rings. The van der Waals surface area contributed by atoms with E-state index in [1.54, 1.807) is 16.9 Å². The van der Waals surface area contributed by atoms with Crippen LogP contribution in [0.25, 0.3) is 22.7 Å². The van der Waals surface area contributed by atoms with Crippen molar-refractivity contribution in [3.8, 4) is 17.1 Å². The molecule has 7 nitrogen and oxygen atoms in total. The Balaban J connectivity index is 1.90. The largest absolute Gasteiger partial charge is 0.296 e. The van der Waals surface area contributed by atoms with Crippen molar-refractivity contribution in [1.82, 2.24) is 33.9 Å². The molecule has 0 aromatic carbocycles. The third kappa shape index (κ3) is 2.12. The number of fused-ring (bicyclic) bond motifs is 1. The summed E-state index contributed by atoms with van der Waals surface area (Å²) < 4.78 is 5.90. The van der Waals surface area contributed by atoms with Gasteiger partial charge in [0.2, 0.25) is 0 Å². The normalized spacial score (nSPS) is 11.5. The molecule has 0 saturated carbocycles. The van der Waals surface area contributed by atoms with Gasteiger partial charge in [-0.1, -0.05) is 6.92 Å². The van der Waals surface area contributed by atoms with E-state index >= 15 is 0 Å². The quantitative estimate of drug-likeness (QED) is 0.580. The molecule has 0 saturated heterocycles. The lowest BCUT2D eigenvalue weighted by molar-refractivity contribution is 0.583. The molecule has 0 aliphatic heterocycles. The van der Waals surface area contributed by atoms with Crippen LogP contribution in [0.4, 0.5) is 0 Å². The summed E-state index contributed by atoms with van der Waals surface area (Å²) in [5, 5.41) is 9.04. The van der Waals surface area contributed by atoms with Gasteiger partial charge in [-0.25, -0.2) is 14.5 Å². The van der Waals surface area contributed by atoms with E-state index in [-0.39, 0.29) is 0 Å². The molecule has 4 aromatic heterocycles. The van der Waals surface area contributed by atoms with Crippen LogP contribution < -0.4 is 0 Å². The highest BCUT2D eigenvalue weighted by molar-refractivity contribution is 5.73. The number of imidazole rings is 1. The van der Waals surface area contributed by atoms with Crippen LogP contribution in [-0.4, -0.2) is 33.9 Å². The molecule has 0 bridgehead atoms. The van der Waals surface area contributed by atoms with Gasteiger partial charge in [-0.3, -0.25) is 9.25 Å². The maximum atomic E-state index is 4.67. The summed E-state index contributed by atoms with van der Waals surface area (Å²) in [4.78, 5) is 8.99. The smallest absolute Gasteiger partial charge is 0.165 e. The lowest BCUT2D eigenvalue weighted by atomic mass is 10.2. The summed E-state index contributed by atoms with van der Waals surface area (Å²) >= 11 is 0. The average Bonchev–Trinajstić information content (AvgIpc) is 3.26.